The van der Waals surface area contributed by atoms with E-state index in [-0.39, 0.29) is 5.91 Å². The lowest BCUT2D eigenvalue weighted by Crippen LogP contribution is -2.13. The Hall–Kier alpha value is -2.51. The number of halogens is 1. The number of nitriles is 1. The number of anilines is 2. The summed E-state index contributed by atoms with van der Waals surface area (Å²) in [5.41, 5.74) is 7.46. The Bertz CT molecular complexity index is 639. The molecule has 0 aromatic heterocycles. The lowest BCUT2D eigenvalue weighted by Gasteiger charge is -2.09. The van der Waals surface area contributed by atoms with E-state index in [0.29, 0.717) is 27.5 Å². The van der Waals surface area contributed by atoms with Gasteiger partial charge in [0.25, 0.3) is 5.91 Å². The summed E-state index contributed by atoms with van der Waals surface area (Å²) in [4.78, 5) is 12.0. The molecule has 94 valence electrons. The molecule has 0 unspecified atom stereocenters. The summed E-state index contributed by atoms with van der Waals surface area (Å²) >= 11 is 5.97. The van der Waals surface area contributed by atoms with E-state index < -0.39 is 0 Å². The standard InChI is InChI=1S/C14H10ClN3O/c15-11-2-1-3-12(17)13(11)18-14(19)10-6-4-9(8-16)5-7-10/h1-7H,17H2,(H,18,19). The molecule has 2 rings (SSSR count). The molecule has 3 N–H and O–H groups in total. The van der Waals surface area contributed by atoms with Gasteiger partial charge in [0, 0.05) is 5.56 Å². The number of hydrogen-bond acceptors (Lipinski definition) is 3. The fourth-order valence-corrected chi connectivity index (χ4v) is 1.78. The minimum absolute atomic E-state index is 0.329. The van der Waals surface area contributed by atoms with Crippen LogP contribution in [0.15, 0.2) is 42.5 Å². The molecule has 2 aromatic rings. The molecule has 0 saturated heterocycles. The van der Waals surface area contributed by atoms with Gasteiger partial charge in [-0.15, -0.1) is 0 Å². The van der Waals surface area contributed by atoms with Gasteiger partial charge in [-0.25, -0.2) is 0 Å². The van der Waals surface area contributed by atoms with E-state index >= 15 is 0 Å². The summed E-state index contributed by atoms with van der Waals surface area (Å²) in [6, 6.07) is 13.3. The topological polar surface area (TPSA) is 78.9 Å². The van der Waals surface area contributed by atoms with Crippen LogP contribution in [-0.4, -0.2) is 5.91 Å². The average Bonchev–Trinajstić information content (AvgIpc) is 2.43. The maximum absolute atomic E-state index is 12.0. The number of amides is 1. The number of hydrogen-bond donors (Lipinski definition) is 2. The molecule has 0 bridgehead atoms. The number of nitrogens with zero attached hydrogens (tertiary/aromatic N) is 1. The highest BCUT2D eigenvalue weighted by atomic mass is 35.5. The lowest BCUT2D eigenvalue weighted by molar-refractivity contribution is 0.102. The molecule has 1 amide bonds. The minimum Gasteiger partial charge on any atom is -0.397 e. The Morgan fingerprint density at radius 2 is 1.89 bits per heavy atom. The van der Waals surface area contributed by atoms with Gasteiger partial charge in [-0.1, -0.05) is 17.7 Å². The van der Waals surface area contributed by atoms with E-state index in [2.05, 4.69) is 5.32 Å². The highest BCUT2D eigenvalue weighted by molar-refractivity contribution is 6.34. The van der Waals surface area contributed by atoms with Gasteiger partial charge < -0.3 is 11.1 Å². The Kier molecular flexibility index (Phi) is 3.69. The summed E-state index contributed by atoms with van der Waals surface area (Å²) < 4.78 is 0. The van der Waals surface area contributed by atoms with Gasteiger partial charge in [-0.2, -0.15) is 5.26 Å². The summed E-state index contributed by atoms with van der Waals surface area (Å²) in [7, 11) is 0. The second kappa shape index (κ2) is 5.42. The van der Waals surface area contributed by atoms with Crippen LogP contribution in [0.2, 0.25) is 5.02 Å². The molecule has 2 aromatic carbocycles. The number of nitrogens with one attached hydrogen (secondary N) is 1. The number of para-hydroxylation sites is 1. The highest BCUT2D eigenvalue weighted by Gasteiger charge is 2.10. The van der Waals surface area contributed by atoms with Gasteiger partial charge in [-0.05, 0) is 36.4 Å². The lowest BCUT2D eigenvalue weighted by atomic mass is 10.1. The van der Waals surface area contributed by atoms with Crippen LogP contribution in [0.4, 0.5) is 11.4 Å². The molecule has 4 nitrogen and oxygen atoms in total. The van der Waals surface area contributed by atoms with Crippen LogP contribution in [0.3, 0.4) is 0 Å². The van der Waals surface area contributed by atoms with E-state index in [1.807, 2.05) is 6.07 Å². The number of nitrogen functional groups attached to an aromatic ring is 1. The van der Waals surface area contributed by atoms with E-state index in [1.54, 1.807) is 42.5 Å². The third kappa shape index (κ3) is 2.84. The molecule has 19 heavy (non-hydrogen) atoms. The Balaban J connectivity index is 2.23. The number of rotatable bonds is 2. The molecule has 0 aliphatic carbocycles. The first kappa shape index (κ1) is 12.9. The van der Waals surface area contributed by atoms with Crippen molar-refractivity contribution in [1.29, 1.82) is 5.26 Å². The molecule has 5 heteroatoms. The maximum Gasteiger partial charge on any atom is 0.255 e. The van der Waals surface area contributed by atoms with Gasteiger partial charge in [0.05, 0.1) is 28.0 Å². The van der Waals surface area contributed by atoms with Gasteiger partial charge in [0.2, 0.25) is 0 Å². The second-order valence-electron chi connectivity index (χ2n) is 3.85. The molecule has 0 heterocycles. The monoisotopic (exact) mass is 271 g/mol. The Labute approximate surface area is 115 Å². The van der Waals surface area contributed by atoms with E-state index in [1.165, 1.54) is 0 Å². The molecular formula is C14H10ClN3O. The van der Waals surface area contributed by atoms with Crippen LogP contribution in [0.25, 0.3) is 0 Å². The van der Waals surface area contributed by atoms with Gasteiger partial charge in [0.15, 0.2) is 0 Å². The Morgan fingerprint density at radius 3 is 2.47 bits per heavy atom. The third-order valence-electron chi connectivity index (χ3n) is 2.56. The number of benzene rings is 2. The van der Waals surface area contributed by atoms with Crippen LogP contribution in [0, 0.1) is 11.3 Å². The molecule has 0 atom stereocenters. The van der Waals surface area contributed by atoms with Crippen LogP contribution >= 0.6 is 11.6 Å². The number of nitrogens with two attached hydrogens (primary N) is 1. The first-order valence-electron chi connectivity index (χ1n) is 5.47. The summed E-state index contributed by atoms with van der Waals surface area (Å²) in [5, 5.41) is 11.7. The number of carbonyl (C=O) groups excluding carboxylic acids is 1. The predicted molar refractivity (Wildman–Crippen MR) is 75.0 cm³/mol. The minimum atomic E-state index is -0.329. The van der Waals surface area contributed by atoms with Crippen LogP contribution in [0.1, 0.15) is 15.9 Å². The van der Waals surface area contributed by atoms with Crippen molar-refractivity contribution in [3.63, 3.8) is 0 Å². The first-order chi connectivity index (χ1) is 9.11. The van der Waals surface area contributed by atoms with Crippen molar-refractivity contribution < 1.29 is 4.79 Å². The first-order valence-corrected chi connectivity index (χ1v) is 5.85. The van der Waals surface area contributed by atoms with E-state index in [0.717, 1.165) is 0 Å². The Morgan fingerprint density at radius 1 is 1.21 bits per heavy atom. The van der Waals surface area contributed by atoms with Crippen LogP contribution in [-0.2, 0) is 0 Å². The van der Waals surface area contributed by atoms with Crippen molar-refractivity contribution >= 4 is 28.9 Å². The SMILES string of the molecule is N#Cc1ccc(C(=O)Nc2c(N)cccc2Cl)cc1. The summed E-state index contributed by atoms with van der Waals surface area (Å²) in [5.74, 6) is -0.329. The van der Waals surface area contributed by atoms with Gasteiger partial charge in [-0.3, -0.25) is 4.79 Å². The molecule has 0 spiro atoms. The zero-order valence-corrected chi connectivity index (χ0v) is 10.6. The van der Waals surface area contributed by atoms with Crippen molar-refractivity contribution in [2.24, 2.45) is 0 Å². The van der Waals surface area contributed by atoms with E-state index in [9.17, 15) is 4.79 Å². The molecule has 0 saturated carbocycles. The van der Waals surface area contributed by atoms with Crippen molar-refractivity contribution in [1.82, 2.24) is 0 Å². The summed E-state index contributed by atoms with van der Waals surface area (Å²) in [6.45, 7) is 0. The normalized spacial score (nSPS) is 9.68. The predicted octanol–water partition coefficient (Wildman–Crippen LogP) is 3.05. The largest absolute Gasteiger partial charge is 0.397 e. The quantitative estimate of drug-likeness (QED) is 0.824. The van der Waals surface area contributed by atoms with Crippen molar-refractivity contribution in [3.05, 3.63) is 58.6 Å². The third-order valence-corrected chi connectivity index (χ3v) is 2.88. The smallest absolute Gasteiger partial charge is 0.255 e. The van der Waals surface area contributed by atoms with Gasteiger partial charge >= 0.3 is 0 Å². The highest BCUT2D eigenvalue weighted by Crippen LogP contribution is 2.28. The molecule has 0 radical (unpaired) electrons. The average molecular weight is 272 g/mol. The maximum atomic E-state index is 12.0. The molecular weight excluding hydrogens is 262 g/mol. The number of carbonyl (C=O) groups is 1. The van der Waals surface area contributed by atoms with Crippen LogP contribution < -0.4 is 11.1 Å². The molecule has 0 fully saturated rings. The van der Waals surface area contributed by atoms with E-state index in [4.69, 9.17) is 22.6 Å². The van der Waals surface area contributed by atoms with Crippen molar-refractivity contribution in [2.75, 3.05) is 11.1 Å². The zero-order chi connectivity index (χ0) is 13.8. The second-order valence-corrected chi connectivity index (χ2v) is 4.25. The molecule has 0 aliphatic heterocycles. The summed E-state index contributed by atoms with van der Waals surface area (Å²) in [6.07, 6.45) is 0. The zero-order valence-electron chi connectivity index (χ0n) is 9.85. The van der Waals surface area contributed by atoms with Crippen molar-refractivity contribution in [3.8, 4) is 6.07 Å². The van der Waals surface area contributed by atoms with Crippen molar-refractivity contribution in [2.45, 2.75) is 0 Å². The van der Waals surface area contributed by atoms with Gasteiger partial charge in [0.1, 0.15) is 0 Å². The van der Waals surface area contributed by atoms with Crippen LogP contribution in [0.5, 0.6) is 0 Å². The molecule has 0 aliphatic rings. The fourth-order valence-electron chi connectivity index (χ4n) is 1.55. The fraction of sp³-hybridized carbons (Fsp3) is 0.